The Hall–Kier alpha value is -3.75. The number of carbonyl (C=O) groups is 1. The highest BCUT2D eigenvalue weighted by Crippen LogP contribution is 2.54. The van der Waals surface area contributed by atoms with Crippen molar-refractivity contribution in [1.29, 1.82) is 0 Å². The molecule has 0 radical (unpaired) electrons. The maximum Gasteiger partial charge on any atom is 0.323 e. The molecule has 37 heavy (non-hydrogen) atoms. The van der Waals surface area contributed by atoms with Crippen LogP contribution in [0.1, 0.15) is 39.8 Å². The molecule has 3 aromatic rings. The molecular weight excluding hydrogens is 472 g/mol. The standard InChI is InChI=1S/C29H28N2O6/c1-31-13-20-18(7-8-22-28(20)36-15-33-22)26-25(37-29(32)21(30)9-16-5-3-2-4-6-16)11-17-10-23-24(35-14-34-23)12-19(17)27(26)31/h2-8,10,12,21,25-27H,9,11,13-15,30H2,1H3. The Morgan fingerprint density at radius 1 is 1.00 bits per heavy atom. The van der Waals surface area contributed by atoms with Gasteiger partial charge in [0.2, 0.25) is 13.6 Å². The molecule has 190 valence electrons. The summed E-state index contributed by atoms with van der Waals surface area (Å²) < 4.78 is 29.1. The fourth-order valence-corrected chi connectivity index (χ4v) is 6.25. The molecule has 4 atom stereocenters. The Morgan fingerprint density at radius 2 is 1.76 bits per heavy atom. The quantitative estimate of drug-likeness (QED) is 0.545. The molecule has 8 heteroatoms. The topological polar surface area (TPSA) is 92.5 Å². The number of esters is 1. The van der Waals surface area contributed by atoms with Crippen LogP contribution in [0.15, 0.2) is 54.6 Å². The maximum absolute atomic E-state index is 13.3. The van der Waals surface area contributed by atoms with Crippen molar-refractivity contribution in [3.05, 3.63) is 82.4 Å². The third-order valence-electron chi connectivity index (χ3n) is 7.90. The van der Waals surface area contributed by atoms with E-state index < -0.39 is 18.1 Å². The Labute approximate surface area is 214 Å². The first-order chi connectivity index (χ1) is 18.1. The van der Waals surface area contributed by atoms with Gasteiger partial charge in [0.15, 0.2) is 23.0 Å². The van der Waals surface area contributed by atoms with Crippen LogP contribution in [0, 0.1) is 0 Å². The molecule has 0 saturated carbocycles. The second-order valence-corrected chi connectivity index (χ2v) is 10.1. The molecule has 2 N–H and O–H groups in total. The van der Waals surface area contributed by atoms with Crippen molar-refractivity contribution >= 4 is 5.97 Å². The Balaban J connectivity index is 1.27. The van der Waals surface area contributed by atoms with Gasteiger partial charge in [-0.2, -0.15) is 0 Å². The molecule has 0 fully saturated rings. The van der Waals surface area contributed by atoms with Crippen molar-refractivity contribution < 1.29 is 28.5 Å². The smallest absolute Gasteiger partial charge is 0.323 e. The zero-order chi connectivity index (χ0) is 25.1. The molecule has 4 unspecified atom stereocenters. The van der Waals surface area contributed by atoms with Crippen LogP contribution in [0.5, 0.6) is 23.0 Å². The van der Waals surface area contributed by atoms with Crippen LogP contribution in [0.2, 0.25) is 0 Å². The minimum absolute atomic E-state index is 0.0192. The number of likely N-dealkylation sites (N-methyl/N-ethyl adjacent to an activating group) is 1. The van der Waals surface area contributed by atoms with Crippen LogP contribution in [-0.4, -0.2) is 43.6 Å². The molecule has 0 spiro atoms. The number of hydrogen-bond acceptors (Lipinski definition) is 8. The monoisotopic (exact) mass is 500 g/mol. The first-order valence-corrected chi connectivity index (χ1v) is 12.6. The van der Waals surface area contributed by atoms with Crippen LogP contribution >= 0.6 is 0 Å². The predicted molar refractivity (Wildman–Crippen MR) is 134 cm³/mol. The van der Waals surface area contributed by atoms with Crippen molar-refractivity contribution in [1.82, 2.24) is 4.90 Å². The average molecular weight is 501 g/mol. The van der Waals surface area contributed by atoms with Crippen molar-refractivity contribution in [3.8, 4) is 23.0 Å². The van der Waals surface area contributed by atoms with Gasteiger partial charge in [0.1, 0.15) is 12.1 Å². The number of ether oxygens (including phenoxy) is 5. The molecule has 8 nitrogen and oxygen atoms in total. The van der Waals surface area contributed by atoms with Crippen LogP contribution in [0.25, 0.3) is 0 Å². The molecular formula is C29H28N2O6. The van der Waals surface area contributed by atoms with E-state index in [1.165, 1.54) is 5.56 Å². The van der Waals surface area contributed by atoms with Gasteiger partial charge in [0.25, 0.3) is 0 Å². The van der Waals surface area contributed by atoms with Crippen molar-refractivity contribution in [3.63, 3.8) is 0 Å². The van der Waals surface area contributed by atoms with E-state index >= 15 is 0 Å². The summed E-state index contributed by atoms with van der Waals surface area (Å²) in [5.41, 5.74) is 11.8. The number of hydrogen-bond donors (Lipinski definition) is 1. The Bertz CT molecular complexity index is 1380. The number of rotatable bonds is 4. The molecule has 3 heterocycles. The van der Waals surface area contributed by atoms with E-state index in [0.717, 1.165) is 45.3 Å². The normalized spacial score (nSPS) is 23.6. The zero-order valence-corrected chi connectivity index (χ0v) is 20.5. The molecule has 0 saturated heterocycles. The van der Waals surface area contributed by atoms with E-state index in [9.17, 15) is 4.79 Å². The lowest BCUT2D eigenvalue weighted by Gasteiger charge is -2.47. The summed E-state index contributed by atoms with van der Waals surface area (Å²) >= 11 is 0. The van der Waals surface area contributed by atoms with Gasteiger partial charge in [0, 0.05) is 30.5 Å². The van der Waals surface area contributed by atoms with Gasteiger partial charge in [-0.3, -0.25) is 9.69 Å². The van der Waals surface area contributed by atoms with Crippen LogP contribution in [-0.2, 0) is 28.9 Å². The van der Waals surface area contributed by atoms with Crippen LogP contribution in [0.3, 0.4) is 0 Å². The fraction of sp³-hybridized carbons (Fsp3) is 0.345. The Morgan fingerprint density at radius 3 is 2.59 bits per heavy atom. The van der Waals surface area contributed by atoms with Gasteiger partial charge in [-0.1, -0.05) is 36.4 Å². The number of benzene rings is 3. The fourth-order valence-electron chi connectivity index (χ4n) is 6.25. The Kier molecular flexibility index (Phi) is 5.26. The highest BCUT2D eigenvalue weighted by atomic mass is 16.7. The minimum atomic E-state index is -0.753. The number of carbonyl (C=O) groups excluding carboxylic acids is 1. The summed E-state index contributed by atoms with van der Waals surface area (Å²) in [5.74, 6) is 2.51. The van der Waals surface area contributed by atoms with E-state index in [1.807, 2.05) is 42.5 Å². The summed E-state index contributed by atoms with van der Waals surface area (Å²) in [7, 11) is 2.09. The molecule has 0 aromatic heterocycles. The van der Waals surface area contributed by atoms with Gasteiger partial charge in [-0.05, 0) is 53.9 Å². The van der Waals surface area contributed by atoms with E-state index in [1.54, 1.807) is 0 Å². The number of fused-ring (bicyclic) bond motifs is 8. The summed E-state index contributed by atoms with van der Waals surface area (Å²) in [6.45, 7) is 1.11. The second kappa shape index (κ2) is 8.68. The van der Waals surface area contributed by atoms with Crippen LogP contribution in [0.4, 0.5) is 0 Å². The molecule has 1 aliphatic carbocycles. The highest BCUT2D eigenvalue weighted by Gasteiger charge is 2.47. The largest absolute Gasteiger partial charge is 0.460 e. The summed E-state index contributed by atoms with van der Waals surface area (Å²) in [4.78, 5) is 15.6. The van der Waals surface area contributed by atoms with E-state index in [2.05, 4.69) is 24.1 Å². The molecule has 0 amide bonds. The second-order valence-electron chi connectivity index (χ2n) is 10.1. The van der Waals surface area contributed by atoms with Gasteiger partial charge in [0.05, 0.1) is 0 Å². The average Bonchev–Trinajstić information content (AvgIpc) is 3.57. The maximum atomic E-state index is 13.3. The molecule has 4 aliphatic rings. The van der Waals surface area contributed by atoms with Crippen LogP contribution < -0.4 is 24.7 Å². The zero-order valence-electron chi connectivity index (χ0n) is 20.5. The van der Waals surface area contributed by atoms with Crippen molar-refractivity contribution in [2.45, 2.75) is 43.5 Å². The summed E-state index contributed by atoms with van der Waals surface area (Å²) in [6.07, 6.45) is 0.568. The van der Waals surface area contributed by atoms with E-state index in [4.69, 9.17) is 29.4 Å². The van der Waals surface area contributed by atoms with Gasteiger partial charge < -0.3 is 29.4 Å². The van der Waals surface area contributed by atoms with Gasteiger partial charge in [-0.15, -0.1) is 0 Å². The van der Waals surface area contributed by atoms with Crippen molar-refractivity contribution in [2.75, 3.05) is 20.6 Å². The number of nitrogens with two attached hydrogens (primary N) is 1. The summed E-state index contributed by atoms with van der Waals surface area (Å²) in [5, 5.41) is 0. The lowest BCUT2D eigenvalue weighted by Crippen LogP contribution is -2.47. The molecule has 3 aromatic carbocycles. The van der Waals surface area contributed by atoms with Gasteiger partial charge in [-0.25, -0.2) is 0 Å². The highest BCUT2D eigenvalue weighted by molar-refractivity contribution is 5.76. The first-order valence-electron chi connectivity index (χ1n) is 12.6. The lowest BCUT2D eigenvalue weighted by atomic mass is 9.70. The SMILES string of the molecule is CN1Cc2c(ccc3c2OCO3)C2C(OC(=O)C(N)Cc3ccccc3)Cc3cc4c(cc3C21)OCO4. The van der Waals surface area contributed by atoms with E-state index in [-0.39, 0.29) is 25.5 Å². The molecule has 3 aliphatic heterocycles. The third kappa shape index (κ3) is 3.70. The number of nitrogens with zero attached hydrogens (tertiary/aromatic N) is 1. The van der Waals surface area contributed by atoms with Crippen molar-refractivity contribution in [2.24, 2.45) is 5.73 Å². The first kappa shape index (κ1) is 22.4. The summed E-state index contributed by atoms with van der Waals surface area (Å²) in [6, 6.07) is 17.2. The lowest BCUT2D eigenvalue weighted by molar-refractivity contribution is -0.153. The molecule has 7 rings (SSSR count). The third-order valence-corrected chi connectivity index (χ3v) is 7.90. The van der Waals surface area contributed by atoms with Gasteiger partial charge >= 0.3 is 5.97 Å². The molecule has 0 bridgehead atoms. The minimum Gasteiger partial charge on any atom is -0.460 e. The van der Waals surface area contributed by atoms with E-state index in [0.29, 0.717) is 19.4 Å². The predicted octanol–water partition coefficient (Wildman–Crippen LogP) is 3.45.